The van der Waals surface area contributed by atoms with Crippen molar-refractivity contribution < 1.29 is 21.6 Å². The van der Waals surface area contributed by atoms with Gasteiger partial charge in [0.1, 0.15) is 5.25 Å². The lowest BCUT2D eigenvalue weighted by Gasteiger charge is -2.38. The van der Waals surface area contributed by atoms with Gasteiger partial charge in [0, 0.05) is 39.3 Å². The predicted octanol–water partition coefficient (Wildman–Crippen LogP) is -2.34. The molecule has 3 heterocycles. The first-order valence-corrected chi connectivity index (χ1v) is 10.4. The van der Waals surface area contributed by atoms with Crippen LogP contribution in [-0.2, 0) is 24.8 Å². The van der Waals surface area contributed by atoms with Crippen molar-refractivity contribution in [2.45, 2.75) is 16.9 Å². The molecule has 0 saturated carbocycles. The lowest BCUT2D eigenvalue weighted by molar-refractivity contribution is 0.135. The van der Waals surface area contributed by atoms with Crippen LogP contribution in [0.5, 0.6) is 0 Å². The first-order chi connectivity index (χ1) is 10.2. The van der Waals surface area contributed by atoms with Gasteiger partial charge in [0.15, 0.2) is 0 Å². The average Bonchev–Trinajstić information content (AvgIpc) is 2.68. The molecule has 0 spiro atoms. The summed E-state index contributed by atoms with van der Waals surface area (Å²) in [7, 11) is -6.53. The second-order valence-corrected chi connectivity index (χ2v) is 9.72. The fourth-order valence-corrected chi connectivity index (χ4v) is 4.00. The van der Waals surface area contributed by atoms with E-state index in [0.29, 0.717) is 32.1 Å². The number of likely N-dealkylation sites (tertiary alicyclic amines) is 1. The molecular formula is C11H25ClN4O5S2. The van der Waals surface area contributed by atoms with E-state index in [9.17, 15) is 16.8 Å². The highest BCUT2D eigenvalue weighted by Gasteiger charge is 2.36. The highest BCUT2D eigenvalue weighted by Crippen LogP contribution is 2.20. The molecule has 3 aliphatic rings. The SMILES string of the molecule is Cl.NS(=O)(=O)C1CN(CC2CCOC2)C1.NS(=O)(=O)C1CNC1. The van der Waals surface area contributed by atoms with Crippen LogP contribution < -0.4 is 15.6 Å². The Morgan fingerprint density at radius 3 is 1.91 bits per heavy atom. The van der Waals surface area contributed by atoms with Crippen LogP contribution in [0.2, 0.25) is 0 Å². The molecule has 0 radical (unpaired) electrons. The van der Waals surface area contributed by atoms with E-state index in [2.05, 4.69) is 10.2 Å². The van der Waals surface area contributed by atoms with Crippen LogP contribution in [0.25, 0.3) is 0 Å². The van der Waals surface area contributed by atoms with Crippen LogP contribution in [0.3, 0.4) is 0 Å². The van der Waals surface area contributed by atoms with Crippen LogP contribution in [-0.4, -0.2) is 78.2 Å². The average molecular weight is 393 g/mol. The number of nitrogens with one attached hydrogen (secondary N) is 1. The molecule has 0 aromatic rings. The van der Waals surface area contributed by atoms with E-state index in [1.165, 1.54) is 0 Å². The highest BCUT2D eigenvalue weighted by atomic mass is 35.5. The largest absolute Gasteiger partial charge is 0.381 e. The standard InChI is InChI=1S/C8H16N2O3S.C3H8N2O2S.ClH/c9-14(11,12)8-4-10(5-8)3-7-1-2-13-6-7;4-8(6,7)3-1-5-2-3;/h7-8H,1-6H2,(H2,9,11,12);3,5H,1-2H2,(H2,4,6,7);1H. The van der Waals surface area contributed by atoms with Crippen molar-refractivity contribution in [1.82, 2.24) is 10.2 Å². The summed E-state index contributed by atoms with van der Waals surface area (Å²) in [6.45, 7) is 4.82. The summed E-state index contributed by atoms with van der Waals surface area (Å²) in [6.07, 6.45) is 1.09. The van der Waals surface area contributed by atoms with Crippen LogP contribution >= 0.6 is 12.4 Å². The zero-order chi connectivity index (χ0) is 16.4. The van der Waals surface area contributed by atoms with Crippen molar-refractivity contribution in [2.75, 3.05) is 45.9 Å². The molecule has 1 unspecified atom stereocenters. The van der Waals surface area contributed by atoms with Gasteiger partial charge >= 0.3 is 0 Å². The fourth-order valence-electron chi connectivity index (χ4n) is 2.47. The number of ether oxygens (including phenoxy) is 1. The zero-order valence-corrected chi connectivity index (χ0v) is 15.2. The van der Waals surface area contributed by atoms with Gasteiger partial charge in [-0.05, 0) is 12.3 Å². The maximum absolute atomic E-state index is 10.9. The van der Waals surface area contributed by atoms with Gasteiger partial charge in [0.2, 0.25) is 20.0 Å². The Morgan fingerprint density at radius 2 is 1.61 bits per heavy atom. The summed E-state index contributed by atoms with van der Waals surface area (Å²) < 4.78 is 47.8. The van der Waals surface area contributed by atoms with Gasteiger partial charge in [0.05, 0.1) is 11.9 Å². The third-order valence-electron chi connectivity index (χ3n) is 4.14. The normalized spacial score (nSPS) is 26.4. The van der Waals surface area contributed by atoms with E-state index in [4.69, 9.17) is 15.0 Å². The Labute approximate surface area is 143 Å². The van der Waals surface area contributed by atoms with E-state index in [1.54, 1.807) is 0 Å². The highest BCUT2D eigenvalue weighted by molar-refractivity contribution is 7.90. The first-order valence-electron chi connectivity index (χ1n) is 7.20. The second kappa shape index (κ2) is 8.39. The van der Waals surface area contributed by atoms with Crippen molar-refractivity contribution in [1.29, 1.82) is 0 Å². The van der Waals surface area contributed by atoms with Gasteiger partial charge in [0.25, 0.3) is 0 Å². The van der Waals surface area contributed by atoms with Crippen molar-refractivity contribution in [3.05, 3.63) is 0 Å². The van der Waals surface area contributed by atoms with Gasteiger partial charge in [-0.1, -0.05) is 0 Å². The van der Waals surface area contributed by atoms with Crippen LogP contribution in [0, 0.1) is 5.92 Å². The van der Waals surface area contributed by atoms with Gasteiger partial charge in [-0.15, -0.1) is 12.4 Å². The molecule has 3 rings (SSSR count). The summed E-state index contributed by atoms with van der Waals surface area (Å²) in [5.74, 6) is 0.580. The summed E-state index contributed by atoms with van der Waals surface area (Å²) in [5.41, 5.74) is 0. The Hall–Kier alpha value is -0.0100. The van der Waals surface area contributed by atoms with E-state index in [0.717, 1.165) is 26.2 Å². The third kappa shape index (κ3) is 6.42. The van der Waals surface area contributed by atoms with E-state index >= 15 is 0 Å². The van der Waals surface area contributed by atoms with Crippen molar-refractivity contribution >= 4 is 32.5 Å². The van der Waals surface area contributed by atoms with Gasteiger partial charge in [-0.25, -0.2) is 27.1 Å². The minimum atomic E-state index is -3.31. The molecule has 1 atom stereocenters. The predicted molar refractivity (Wildman–Crippen MR) is 89.3 cm³/mol. The topological polar surface area (TPSA) is 145 Å². The molecule has 12 heteroatoms. The molecule has 0 aliphatic carbocycles. The monoisotopic (exact) mass is 392 g/mol. The van der Waals surface area contributed by atoms with E-state index < -0.39 is 20.0 Å². The van der Waals surface area contributed by atoms with Crippen molar-refractivity contribution in [2.24, 2.45) is 16.2 Å². The number of rotatable bonds is 4. The first kappa shape index (κ1) is 21.0. The molecule has 0 amide bonds. The molecule has 138 valence electrons. The van der Waals surface area contributed by atoms with Crippen molar-refractivity contribution in [3.63, 3.8) is 0 Å². The van der Waals surface area contributed by atoms with Crippen LogP contribution in [0.4, 0.5) is 0 Å². The smallest absolute Gasteiger partial charge is 0.214 e. The Morgan fingerprint density at radius 1 is 1.04 bits per heavy atom. The number of primary sulfonamides is 2. The number of sulfonamides is 2. The second-order valence-electron chi connectivity index (χ2n) is 6.03. The number of nitrogens with zero attached hydrogens (tertiary/aromatic N) is 1. The maximum atomic E-state index is 10.9. The van der Waals surface area contributed by atoms with Gasteiger partial charge in [-0.3, -0.25) is 0 Å². The zero-order valence-electron chi connectivity index (χ0n) is 12.8. The van der Waals surface area contributed by atoms with Crippen LogP contribution in [0.15, 0.2) is 0 Å². The number of hydrogen-bond acceptors (Lipinski definition) is 7. The Kier molecular flexibility index (Phi) is 7.67. The molecule has 0 aromatic carbocycles. The molecule has 0 aromatic heterocycles. The maximum Gasteiger partial charge on any atom is 0.214 e. The number of halogens is 1. The lowest BCUT2D eigenvalue weighted by Crippen LogP contribution is -2.57. The fraction of sp³-hybridized carbons (Fsp3) is 1.00. The summed E-state index contributed by atoms with van der Waals surface area (Å²) in [4.78, 5) is 2.13. The molecule has 0 bridgehead atoms. The molecule has 23 heavy (non-hydrogen) atoms. The molecular weight excluding hydrogens is 368 g/mol. The van der Waals surface area contributed by atoms with Gasteiger partial charge in [-0.2, -0.15) is 0 Å². The Bertz CT molecular complexity index is 569. The minimum absolute atomic E-state index is 0. The minimum Gasteiger partial charge on any atom is -0.381 e. The van der Waals surface area contributed by atoms with E-state index in [-0.39, 0.29) is 22.9 Å². The van der Waals surface area contributed by atoms with Gasteiger partial charge < -0.3 is 15.0 Å². The Balaban J connectivity index is 0.000000253. The van der Waals surface area contributed by atoms with E-state index in [1.807, 2.05) is 0 Å². The van der Waals surface area contributed by atoms with Crippen LogP contribution in [0.1, 0.15) is 6.42 Å². The molecule has 3 fully saturated rings. The molecule has 5 N–H and O–H groups in total. The quantitative estimate of drug-likeness (QED) is 0.486. The lowest BCUT2D eigenvalue weighted by atomic mass is 10.1. The summed E-state index contributed by atoms with van der Waals surface area (Å²) >= 11 is 0. The summed E-state index contributed by atoms with van der Waals surface area (Å²) in [6, 6.07) is 0. The van der Waals surface area contributed by atoms with Crippen molar-refractivity contribution in [3.8, 4) is 0 Å². The molecule has 3 saturated heterocycles. The summed E-state index contributed by atoms with van der Waals surface area (Å²) in [5, 5.41) is 11.9. The molecule has 3 aliphatic heterocycles. The number of hydrogen-bond donors (Lipinski definition) is 3. The number of nitrogens with two attached hydrogens (primary N) is 2. The molecule has 9 nitrogen and oxygen atoms in total. The third-order valence-corrected chi connectivity index (χ3v) is 6.63.